The molecule has 0 atom stereocenters. The Kier molecular flexibility index (Phi) is 4.04. The van der Waals surface area contributed by atoms with E-state index < -0.39 is 35.2 Å². The molecule has 0 fully saturated rings. The zero-order chi connectivity index (χ0) is 13.0. The first-order chi connectivity index (χ1) is 8.01. The number of pyridine rings is 1. The number of rotatable bonds is 3. The molecular weight excluding hydrogens is 237 g/mol. The molecule has 0 aliphatic rings. The normalized spacial score (nSPS) is 10.1. The van der Waals surface area contributed by atoms with E-state index in [1.165, 1.54) is 13.0 Å². The van der Waals surface area contributed by atoms with E-state index in [1.54, 1.807) is 0 Å². The van der Waals surface area contributed by atoms with Crippen LogP contribution in [0.2, 0.25) is 0 Å². The number of alkyl halides is 2. The lowest BCUT2D eigenvalue weighted by Gasteiger charge is -2.08. The van der Waals surface area contributed by atoms with Gasteiger partial charge in [0.1, 0.15) is 17.3 Å². The van der Waals surface area contributed by atoms with Gasteiger partial charge in [-0.15, -0.1) is 0 Å². The van der Waals surface area contributed by atoms with Crippen molar-refractivity contribution in [2.24, 2.45) is 0 Å². The van der Waals surface area contributed by atoms with Gasteiger partial charge in [-0.3, -0.25) is 0 Å². The summed E-state index contributed by atoms with van der Waals surface area (Å²) >= 11 is 0. The number of ether oxygens (including phenoxy) is 1. The van der Waals surface area contributed by atoms with Gasteiger partial charge in [0, 0.05) is 5.56 Å². The molecule has 1 aromatic heterocycles. The van der Waals surface area contributed by atoms with Gasteiger partial charge in [0.15, 0.2) is 0 Å². The fraction of sp³-hybridized carbons (Fsp3) is 0.300. The predicted octanol–water partition coefficient (Wildman–Crippen LogP) is 2.21. The Morgan fingerprint density at radius 2 is 2.29 bits per heavy atom. The van der Waals surface area contributed by atoms with E-state index in [0.29, 0.717) is 6.07 Å². The second-order valence-electron chi connectivity index (χ2n) is 2.90. The van der Waals surface area contributed by atoms with Crippen molar-refractivity contribution in [1.82, 2.24) is 4.98 Å². The van der Waals surface area contributed by atoms with Crippen molar-refractivity contribution < 1.29 is 22.7 Å². The maximum Gasteiger partial charge on any atom is 0.343 e. The van der Waals surface area contributed by atoms with E-state index in [9.17, 15) is 18.0 Å². The summed E-state index contributed by atoms with van der Waals surface area (Å²) in [6.45, 7) is 1.37. The standard InChI is InChI=1S/C10H7F3N2O2/c1-2-17-10(16)7-6(8(11)12)3-5(4-14)15-9(7)13/h3,8H,2H2,1H3. The lowest BCUT2D eigenvalue weighted by Crippen LogP contribution is -2.13. The summed E-state index contributed by atoms with van der Waals surface area (Å²) in [4.78, 5) is 14.3. The van der Waals surface area contributed by atoms with Gasteiger partial charge in [-0.2, -0.15) is 9.65 Å². The number of hydrogen-bond acceptors (Lipinski definition) is 4. The smallest absolute Gasteiger partial charge is 0.343 e. The van der Waals surface area contributed by atoms with Gasteiger partial charge in [0.2, 0.25) is 5.95 Å². The number of halogens is 3. The van der Waals surface area contributed by atoms with Crippen LogP contribution in [-0.2, 0) is 4.74 Å². The largest absolute Gasteiger partial charge is 0.462 e. The van der Waals surface area contributed by atoms with Crippen LogP contribution in [0.15, 0.2) is 6.07 Å². The highest BCUT2D eigenvalue weighted by Gasteiger charge is 2.25. The van der Waals surface area contributed by atoms with E-state index in [-0.39, 0.29) is 6.61 Å². The quantitative estimate of drug-likeness (QED) is 0.604. The van der Waals surface area contributed by atoms with E-state index in [2.05, 4.69) is 9.72 Å². The van der Waals surface area contributed by atoms with E-state index in [0.717, 1.165) is 0 Å². The van der Waals surface area contributed by atoms with Gasteiger partial charge >= 0.3 is 5.97 Å². The highest BCUT2D eigenvalue weighted by molar-refractivity contribution is 5.91. The fourth-order valence-corrected chi connectivity index (χ4v) is 1.17. The van der Waals surface area contributed by atoms with Gasteiger partial charge in [-0.05, 0) is 13.0 Å². The predicted molar refractivity (Wildman–Crippen MR) is 49.8 cm³/mol. The zero-order valence-corrected chi connectivity index (χ0v) is 8.71. The monoisotopic (exact) mass is 244 g/mol. The molecule has 0 radical (unpaired) electrons. The minimum atomic E-state index is -3.10. The summed E-state index contributed by atoms with van der Waals surface area (Å²) in [5.41, 5.74) is -2.35. The number of hydrogen-bond donors (Lipinski definition) is 0. The van der Waals surface area contributed by atoms with Crippen LogP contribution in [0.5, 0.6) is 0 Å². The Balaban J connectivity index is 3.37. The number of carbonyl (C=O) groups excluding carboxylic acids is 1. The van der Waals surface area contributed by atoms with Crippen molar-refractivity contribution in [1.29, 1.82) is 5.26 Å². The number of nitriles is 1. The molecule has 1 heterocycles. The molecule has 7 heteroatoms. The van der Waals surface area contributed by atoms with E-state index in [1.807, 2.05) is 0 Å². The first-order valence-corrected chi connectivity index (χ1v) is 4.57. The fourth-order valence-electron chi connectivity index (χ4n) is 1.17. The van der Waals surface area contributed by atoms with Crippen LogP contribution in [0.4, 0.5) is 13.2 Å². The summed E-state index contributed by atoms with van der Waals surface area (Å²) in [5.74, 6) is -2.66. The third kappa shape index (κ3) is 2.72. The molecule has 0 aliphatic carbocycles. The lowest BCUT2D eigenvalue weighted by molar-refractivity contribution is 0.0508. The topological polar surface area (TPSA) is 63.0 Å². The number of carbonyl (C=O) groups is 1. The van der Waals surface area contributed by atoms with Gasteiger partial charge in [-0.25, -0.2) is 18.6 Å². The molecule has 0 aromatic carbocycles. The van der Waals surface area contributed by atoms with Crippen molar-refractivity contribution >= 4 is 5.97 Å². The van der Waals surface area contributed by atoms with Crippen molar-refractivity contribution in [2.75, 3.05) is 6.61 Å². The first kappa shape index (κ1) is 13.0. The minimum absolute atomic E-state index is 0.0824. The second-order valence-corrected chi connectivity index (χ2v) is 2.90. The number of nitrogens with zero attached hydrogens (tertiary/aromatic N) is 2. The van der Waals surface area contributed by atoms with Crippen LogP contribution in [-0.4, -0.2) is 17.6 Å². The summed E-state index contributed by atoms with van der Waals surface area (Å²) in [7, 11) is 0. The molecule has 0 spiro atoms. The molecule has 1 rings (SSSR count). The van der Waals surface area contributed by atoms with Gasteiger partial charge < -0.3 is 4.74 Å². The average Bonchev–Trinajstić information content (AvgIpc) is 2.27. The van der Waals surface area contributed by atoms with Crippen molar-refractivity contribution in [3.8, 4) is 6.07 Å². The molecule has 0 unspecified atom stereocenters. The number of aromatic nitrogens is 1. The first-order valence-electron chi connectivity index (χ1n) is 4.57. The van der Waals surface area contributed by atoms with E-state index in [4.69, 9.17) is 5.26 Å². The molecule has 17 heavy (non-hydrogen) atoms. The molecule has 4 nitrogen and oxygen atoms in total. The Morgan fingerprint density at radius 1 is 1.65 bits per heavy atom. The molecule has 90 valence electrons. The molecule has 0 amide bonds. The number of esters is 1. The third-order valence-electron chi connectivity index (χ3n) is 1.84. The van der Waals surface area contributed by atoms with Gasteiger partial charge in [-0.1, -0.05) is 0 Å². The van der Waals surface area contributed by atoms with Crippen LogP contribution < -0.4 is 0 Å². The third-order valence-corrected chi connectivity index (χ3v) is 1.84. The Hall–Kier alpha value is -2.10. The van der Waals surface area contributed by atoms with Gasteiger partial charge in [0.05, 0.1) is 6.61 Å². The molecule has 0 aliphatic heterocycles. The average molecular weight is 244 g/mol. The zero-order valence-electron chi connectivity index (χ0n) is 8.71. The molecule has 0 saturated carbocycles. The van der Waals surface area contributed by atoms with Gasteiger partial charge in [0.25, 0.3) is 6.43 Å². The molecule has 0 saturated heterocycles. The molecule has 0 bridgehead atoms. The minimum Gasteiger partial charge on any atom is -0.462 e. The molecule has 1 aromatic rings. The Labute approximate surface area is 94.6 Å². The summed E-state index contributed by atoms with van der Waals surface area (Å²) in [6.07, 6.45) is -3.10. The summed E-state index contributed by atoms with van der Waals surface area (Å²) in [5, 5.41) is 8.46. The highest BCUT2D eigenvalue weighted by atomic mass is 19.3. The maximum atomic E-state index is 13.3. The van der Waals surface area contributed by atoms with Crippen LogP contribution in [0.1, 0.15) is 35.0 Å². The van der Waals surface area contributed by atoms with Crippen molar-refractivity contribution in [2.45, 2.75) is 13.3 Å². The maximum absolute atomic E-state index is 13.3. The molecular formula is C10H7F3N2O2. The Bertz CT molecular complexity index is 483. The van der Waals surface area contributed by atoms with Crippen molar-refractivity contribution in [3.05, 3.63) is 28.8 Å². The highest BCUT2D eigenvalue weighted by Crippen LogP contribution is 2.25. The SMILES string of the molecule is CCOC(=O)c1c(C(F)F)cc(C#N)nc1F. The second kappa shape index (κ2) is 5.30. The van der Waals surface area contributed by atoms with Crippen LogP contribution in [0.25, 0.3) is 0 Å². The summed E-state index contributed by atoms with van der Waals surface area (Å²) < 4.78 is 43.0. The lowest BCUT2D eigenvalue weighted by atomic mass is 10.1. The van der Waals surface area contributed by atoms with Crippen LogP contribution in [0, 0.1) is 17.3 Å². The molecule has 0 N–H and O–H groups in total. The summed E-state index contributed by atoms with van der Waals surface area (Å²) in [6, 6.07) is 2.09. The van der Waals surface area contributed by atoms with Crippen LogP contribution in [0.3, 0.4) is 0 Å². The Morgan fingerprint density at radius 3 is 2.76 bits per heavy atom. The van der Waals surface area contributed by atoms with Crippen molar-refractivity contribution in [3.63, 3.8) is 0 Å². The van der Waals surface area contributed by atoms with Crippen LogP contribution >= 0.6 is 0 Å². The van der Waals surface area contributed by atoms with E-state index >= 15 is 0 Å².